The number of rotatable bonds is 8. The maximum atomic E-state index is 13.6. The molecule has 2 aromatic carbocycles. The molecule has 0 fully saturated rings. The molecule has 0 spiro atoms. The molecule has 0 unspecified atom stereocenters. The Balaban J connectivity index is 2.39. The molecule has 0 saturated carbocycles. The van der Waals surface area contributed by atoms with E-state index in [0.29, 0.717) is 5.92 Å². The van der Waals surface area contributed by atoms with E-state index in [1.54, 1.807) is 0 Å². The summed E-state index contributed by atoms with van der Waals surface area (Å²) in [5.41, 5.74) is 5.22. The first-order chi connectivity index (χ1) is 13.1. The van der Waals surface area contributed by atoms with Crippen LogP contribution in [0, 0.1) is 5.92 Å². The molecule has 1 nitrogen and oxygen atoms in total. The van der Waals surface area contributed by atoms with Crippen LogP contribution in [0.15, 0.2) is 42.5 Å². The van der Waals surface area contributed by atoms with Crippen LogP contribution in [0.1, 0.15) is 106 Å². The number of ketones is 1. The lowest BCUT2D eigenvalue weighted by atomic mass is 9.80. The molecule has 2 rings (SSSR count). The standard InChI is InChI=1S/C27H38O/c1-19(2)12-8-9-13-21-16-17-25(27(5,6)7)24(18-21)26(28)23-15-11-10-14-22(23)20(3)4/h10-11,14-20H,8-9,12-13H2,1-7H3. The van der Waals surface area contributed by atoms with Crippen LogP contribution in [0.2, 0.25) is 0 Å². The average Bonchev–Trinajstić information content (AvgIpc) is 2.63. The van der Waals surface area contributed by atoms with Crippen molar-refractivity contribution in [1.82, 2.24) is 0 Å². The van der Waals surface area contributed by atoms with E-state index in [9.17, 15) is 4.79 Å². The Bertz CT molecular complexity index is 790. The van der Waals surface area contributed by atoms with Crippen molar-refractivity contribution in [2.24, 2.45) is 5.92 Å². The first-order valence-electron chi connectivity index (χ1n) is 10.9. The third-order valence-corrected chi connectivity index (χ3v) is 5.46. The average molecular weight is 379 g/mol. The van der Waals surface area contributed by atoms with E-state index in [0.717, 1.165) is 34.6 Å². The second-order valence-electron chi connectivity index (χ2n) is 9.84. The zero-order chi connectivity index (χ0) is 20.9. The highest BCUT2D eigenvalue weighted by Crippen LogP contribution is 2.31. The minimum Gasteiger partial charge on any atom is -0.289 e. The van der Waals surface area contributed by atoms with E-state index in [1.807, 2.05) is 18.2 Å². The van der Waals surface area contributed by atoms with Crippen LogP contribution in [-0.4, -0.2) is 5.78 Å². The van der Waals surface area contributed by atoms with E-state index in [4.69, 9.17) is 0 Å². The maximum Gasteiger partial charge on any atom is 0.193 e. The van der Waals surface area contributed by atoms with Gasteiger partial charge in [0.25, 0.3) is 0 Å². The van der Waals surface area contributed by atoms with Gasteiger partial charge in [0.15, 0.2) is 5.78 Å². The molecule has 0 N–H and O–H groups in total. The van der Waals surface area contributed by atoms with E-state index in [1.165, 1.54) is 24.8 Å². The van der Waals surface area contributed by atoms with Crippen molar-refractivity contribution in [1.29, 1.82) is 0 Å². The molecule has 0 saturated heterocycles. The summed E-state index contributed by atoms with van der Waals surface area (Å²) in [6.45, 7) is 15.4. The van der Waals surface area contributed by atoms with Crippen LogP contribution in [0.5, 0.6) is 0 Å². The van der Waals surface area contributed by atoms with E-state index >= 15 is 0 Å². The minimum atomic E-state index is -0.0616. The number of unbranched alkanes of at least 4 members (excludes halogenated alkanes) is 1. The maximum absolute atomic E-state index is 13.6. The molecule has 0 aliphatic rings. The quantitative estimate of drug-likeness (QED) is 0.339. The van der Waals surface area contributed by atoms with Crippen molar-refractivity contribution >= 4 is 5.78 Å². The molecule has 0 aromatic heterocycles. The molecule has 0 aliphatic carbocycles. The van der Waals surface area contributed by atoms with Gasteiger partial charge in [0.05, 0.1) is 0 Å². The van der Waals surface area contributed by atoms with Gasteiger partial charge in [-0.15, -0.1) is 0 Å². The van der Waals surface area contributed by atoms with Gasteiger partial charge in [-0.1, -0.05) is 97.7 Å². The number of hydrogen-bond acceptors (Lipinski definition) is 1. The van der Waals surface area contributed by atoms with Gasteiger partial charge >= 0.3 is 0 Å². The third-order valence-electron chi connectivity index (χ3n) is 5.46. The number of benzene rings is 2. The number of carbonyl (C=O) groups excluding carboxylic acids is 1. The van der Waals surface area contributed by atoms with Crippen molar-refractivity contribution in [2.45, 2.75) is 85.5 Å². The van der Waals surface area contributed by atoms with Crippen LogP contribution in [0.3, 0.4) is 0 Å². The summed E-state index contributed by atoms with van der Waals surface area (Å²) in [6.07, 6.45) is 4.75. The zero-order valence-electron chi connectivity index (χ0n) is 18.9. The fourth-order valence-corrected chi connectivity index (χ4v) is 3.82. The predicted octanol–water partition coefficient (Wildman–Crippen LogP) is 7.71. The Morgan fingerprint density at radius 1 is 0.893 bits per heavy atom. The molecule has 0 heterocycles. The molecule has 0 aliphatic heterocycles. The Kier molecular flexibility index (Phi) is 7.63. The fourth-order valence-electron chi connectivity index (χ4n) is 3.82. The largest absolute Gasteiger partial charge is 0.289 e. The van der Waals surface area contributed by atoms with Gasteiger partial charge in [-0.25, -0.2) is 0 Å². The SMILES string of the molecule is CC(C)CCCCc1ccc(C(C)(C)C)c(C(=O)c2ccccc2C(C)C)c1. The van der Waals surface area contributed by atoms with Crippen LogP contribution >= 0.6 is 0 Å². The van der Waals surface area contributed by atoms with Gasteiger partial charge in [-0.3, -0.25) is 4.79 Å². The van der Waals surface area contributed by atoms with Crippen molar-refractivity contribution in [3.8, 4) is 0 Å². The normalized spacial score (nSPS) is 12.0. The van der Waals surface area contributed by atoms with Gasteiger partial charge in [0, 0.05) is 11.1 Å². The lowest BCUT2D eigenvalue weighted by Gasteiger charge is -2.24. The van der Waals surface area contributed by atoms with Crippen molar-refractivity contribution in [3.63, 3.8) is 0 Å². The highest BCUT2D eigenvalue weighted by Gasteiger charge is 2.24. The van der Waals surface area contributed by atoms with Crippen molar-refractivity contribution in [2.75, 3.05) is 0 Å². The summed E-state index contributed by atoms with van der Waals surface area (Å²) in [5, 5.41) is 0. The Hall–Kier alpha value is -1.89. The molecule has 28 heavy (non-hydrogen) atoms. The molecule has 0 bridgehead atoms. The van der Waals surface area contributed by atoms with Gasteiger partial charge < -0.3 is 0 Å². The van der Waals surface area contributed by atoms with Crippen LogP contribution in [0.25, 0.3) is 0 Å². The molecule has 152 valence electrons. The first-order valence-corrected chi connectivity index (χ1v) is 10.9. The zero-order valence-corrected chi connectivity index (χ0v) is 18.9. The summed E-state index contributed by atoms with van der Waals surface area (Å²) in [4.78, 5) is 13.6. The summed E-state index contributed by atoms with van der Waals surface area (Å²) in [7, 11) is 0. The van der Waals surface area contributed by atoms with Gasteiger partial charge in [-0.2, -0.15) is 0 Å². The molecule has 1 heteroatoms. The third kappa shape index (κ3) is 5.80. The van der Waals surface area contributed by atoms with Gasteiger partial charge in [-0.05, 0) is 52.8 Å². The number of hydrogen-bond donors (Lipinski definition) is 0. The van der Waals surface area contributed by atoms with Gasteiger partial charge in [0.1, 0.15) is 0 Å². The smallest absolute Gasteiger partial charge is 0.193 e. The summed E-state index contributed by atoms with van der Waals surface area (Å²) in [6, 6.07) is 14.6. The molecule has 2 aromatic rings. The Morgan fingerprint density at radius 3 is 2.18 bits per heavy atom. The molecular weight excluding hydrogens is 340 g/mol. The summed E-state index contributed by atoms with van der Waals surface area (Å²) < 4.78 is 0. The molecule has 0 atom stereocenters. The predicted molar refractivity (Wildman–Crippen MR) is 121 cm³/mol. The lowest BCUT2D eigenvalue weighted by Crippen LogP contribution is -2.18. The highest BCUT2D eigenvalue weighted by atomic mass is 16.1. The number of carbonyl (C=O) groups is 1. The fraction of sp³-hybridized carbons (Fsp3) is 0.519. The second-order valence-corrected chi connectivity index (χ2v) is 9.84. The topological polar surface area (TPSA) is 17.1 Å². The molecule has 0 amide bonds. The first kappa shape index (κ1) is 22.4. The van der Waals surface area contributed by atoms with Crippen molar-refractivity contribution in [3.05, 3.63) is 70.3 Å². The Labute approximate surface area is 172 Å². The van der Waals surface area contributed by atoms with Crippen LogP contribution in [-0.2, 0) is 11.8 Å². The van der Waals surface area contributed by atoms with E-state index in [-0.39, 0.29) is 11.2 Å². The number of aryl methyl sites for hydroxylation is 1. The Morgan fingerprint density at radius 2 is 1.57 bits per heavy atom. The molecule has 0 radical (unpaired) electrons. The van der Waals surface area contributed by atoms with Crippen LogP contribution < -0.4 is 0 Å². The minimum absolute atomic E-state index is 0.0616. The second kappa shape index (κ2) is 9.54. The van der Waals surface area contributed by atoms with E-state index < -0.39 is 0 Å². The van der Waals surface area contributed by atoms with Crippen molar-refractivity contribution < 1.29 is 4.79 Å². The summed E-state index contributed by atoms with van der Waals surface area (Å²) >= 11 is 0. The molecular formula is C27H38O. The van der Waals surface area contributed by atoms with Gasteiger partial charge in [0.2, 0.25) is 0 Å². The van der Waals surface area contributed by atoms with E-state index in [2.05, 4.69) is 72.7 Å². The van der Waals surface area contributed by atoms with Crippen LogP contribution in [0.4, 0.5) is 0 Å². The summed E-state index contributed by atoms with van der Waals surface area (Å²) in [5.74, 6) is 1.25. The monoisotopic (exact) mass is 378 g/mol. The lowest BCUT2D eigenvalue weighted by molar-refractivity contribution is 0.103. The highest BCUT2D eigenvalue weighted by molar-refractivity contribution is 6.11.